The van der Waals surface area contributed by atoms with Crippen molar-refractivity contribution in [1.82, 2.24) is 24.8 Å². The zero-order chi connectivity index (χ0) is 14.9. The first kappa shape index (κ1) is 13.7. The molecule has 0 aliphatic carbocycles. The van der Waals surface area contributed by atoms with E-state index in [0.29, 0.717) is 24.3 Å². The first-order valence-electron chi connectivity index (χ1n) is 7.38. The Balaban J connectivity index is 1.50. The van der Waals surface area contributed by atoms with Crippen molar-refractivity contribution in [2.75, 3.05) is 6.54 Å². The number of hydrogen-bond donors (Lipinski definition) is 0. The molecule has 1 atom stereocenters. The highest BCUT2D eigenvalue weighted by Gasteiger charge is 2.28. The number of rotatable bonds is 4. The SMILES string of the molecule is Cn1cc(C2CCCN2Cc2nc(-c3cccs3)no2)cn1. The van der Waals surface area contributed by atoms with Gasteiger partial charge in [-0.1, -0.05) is 11.2 Å². The van der Waals surface area contributed by atoms with E-state index >= 15 is 0 Å². The Morgan fingerprint density at radius 3 is 3.18 bits per heavy atom. The van der Waals surface area contributed by atoms with Crippen molar-refractivity contribution in [3.05, 3.63) is 41.4 Å². The Labute approximate surface area is 132 Å². The summed E-state index contributed by atoms with van der Waals surface area (Å²) >= 11 is 1.62. The van der Waals surface area contributed by atoms with Crippen molar-refractivity contribution in [3.8, 4) is 10.7 Å². The van der Waals surface area contributed by atoms with E-state index in [2.05, 4.69) is 26.3 Å². The van der Waals surface area contributed by atoms with Crippen LogP contribution in [0.1, 0.15) is 30.3 Å². The smallest absolute Gasteiger partial charge is 0.241 e. The predicted molar refractivity (Wildman–Crippen MR) is 83.2 cm³/mol. The van der Waals surface area contributed by atoms with Crippen LogP contribution in [0.2, 0.25) is 0 Å². The summed E-state index contributed by atoms with van der Waals surface area (Å²) < 4.78 is 7.28. The van der Waals surface area contributed by atoms with Crippen molar-refractivity contribution in [3.63, 3.8) is 0 Å². The van der Waals surface area contributed by atoms with Gasteiger partial charge in [0, 0.05) is 24.8 Å². The molecule has 22 heavy (non-hydrogen) atoms. The lowest BCUT2D eigenvalue weighted by Crippen LogP contribution is -2.22. The number of thiophene rings is 1. The molecule has 4 heterocycles. The van der Waals surface area contributed by atoms with Crippen LogP contribution in [-0.4, -0.2) is 31.4 Å². The minimum atomic E-state index is 0.394. The second-order valence-electron chi connectivity index (χ2n) is 5.56. The fourth-order valence-electron chi connectivity index (χ4n) is 3.00. The molecule has 1 fully saturated rings. The van der Waals surface area contributed by atoms with Gasteiger partial charge in [0.05, 0.1) is 17.6 Å². The third kappa shape index (κ3) is 2.57. The third-order valence-electron chi connectivity index (χ3n) is 4.02. The van der Waals surface area contributed by atoms with Gasteiger partial charge >= 0.3 is 0 Å². The minimum absolute atomic E-state index is 0.394. The van der Waals surface area contributed by atoms with Gasteiger partial charge < -0.3 is 4.52 Å². The molecule has 0 radical (unpaired) electrons. The van der Waals surface area contributed by atoms with Gasteiger partial charge in [-0.2, -0.15) is 10.1 Å². The monoisotopic (exact) mass is 315 g/mol. The summed E-state index contributed by atoms with van der Waals surface area (Å²) in [4.78, 5) is 7.95. The fraction of sp³-hybridized carbons (Fsp3) is 0.400. The Morgan fingerprint density at radius 2 is 2.41 bits per heavy atom. The molecule has 4 rings (SSSR count). The maximum atomic E-state index is 5.42. The van der Waals surface area contributed by atoms with E-state index in [0.717, 1.165) is 17.8 Å². The maximum absolute atomic E-state index is 5.42. The highest BCUT2D eigenvalue weighted by Crippen LogP contribution is 2.33. The van der Waals surface area contributed by atoms with Crippen molar-refractivity contribution in [2.45, 2.75) is 25.4 Å². The van der Waals surface area contributed by atoms with Crippen LogP contribution in [0.25, 0.3) is 10.7 Å². The second kappa shape index (κ2) is 5.66. The third-order valence-corrected chi connectivity index (χ3v) is 4.89. The van der Waals surface area contributed by atoms with Gasteiger partial charge in [-0.05, 0) is 30.8 Å². The lowest BCUT2D eigenvalue weighted by atomic mass is 10.1. The molecule has 3 aromatic rings. The molecule has 0 aromatic carbocycles. The zero-order valence-corrected chi connectivity index (χ0v) is 13.2. The van der Waals surface area contributed by atoms with Crippen LogP contribution in [0.3, 0.4) is 0 Å². The molecule has 0 spiro atoms. The normalized spacial score (nSPS) is 19.0. The Kier molecular flexibility index (Phi) is 3.51. The van der Waals surface area contributed by atoms with Crippen LogP contribution < -0.4 is 0 Å². The van der Waals surface area contributed by atoms with Gasteiger partial charge in [-0.3, -0.25) is 9.58 Å². The summed E-state index contributed by atoms with van der Waals surface area (Å²) in [5, 5.41) is 10.4. The van der Waals surface area contributed by atoms with Crippen LogP contribution in [0.4, 0.5) is 0 Å². The van der Waals surface area contributed by atoms with E-state index in [1.165, 1.54) is 12.0 Å². The predicted octanol–water partition coefficient (Wildman–Crippen LogP) is 2.87. The molecule has 1 aliphatic heterocycles. The number of hydrogen-bond acceptors (Lipinski definition) is 6. The summed E-state index contributed by atoms with van der Waals surface area (Å²) in [6, 6.07) is 4.40. The Morgan fingerprint density at radius 1 is 1.45 bits per heavy atom. The van der Waals surface area contributed by atoms with Crippen molar-refractivity contribution >= 4 is 11.3 Å². The number of aryl methyl sites for hydroxylation is 1. The number of nitrogens with zero attached hydrogens (tertiary/aromatic N) is 5. The molecular weight excluding hydrogens is 298 g/mol. The average molecular weight is 315 g/mol. The Bertz CT molecular complexity index is 748. The number of aromatic nitrogens is 4. The van der Waals surface area contributed by atoms with Gasteiger partial charge in [-0.15, -0.1) is 11.3 Å². The molecule has 6 nitrogen and oxygen atoms in total. The molecular formula is C15H17N5OS. The lowest BCUT2D eigenvalue weighted by molar-refractivity contribution is 0.212. The minimum Gasteiger partial charge on any atom is -0.338 e. The highest BCUT2D eigenvalue weighted by molar-refractivity contribution is 7.13. The van der Waals surface area contributed by atoms with Crippen LogP contribution in [0.5, 0.6) is 0 Å². The van der Waals surface area contributed by atoms with Crippen LogP contribution in [-0.2, 0) is 13.6 Å². The molecule has 1 unspecified atom stereocenters. The van der Waals surface area contributed by atoms with Gasteiger partial charge in [0.25, 0.3) is 0 Å². The lowest BCUT2D eigenvalue weighted by Gasteiger charge is -2.21. The highest BCUT2D eigenvalue weighted by atomic mass is 32.1. The van der Waals surface area contributed by atoms with E-state index in [1.807, 2.05) is 35.4 Å². The summed E-state index contributed by atoms with van der Waals surface area (Å²) in [6.45, 7) is 1.74. The van der Waals surface area contributed by atoms with Crippen LogP contribution in [0, 0.1) is 0 Å². The van der Waals surface area contributed by atoms with Crippen molar-refractivity contribution in [1.29, 1.82) is 0 Å². The summed E-state index contributed by atoms with van der Waals surface area (Å²) in [6.07, 6.45) is 6.38. The van der Waals surface area contributed by atoms with Crippen LogP contribution in [0.15, 0.2) is 34.4 Å². The molecule has 0 bridgehead atoms. The zero-order valence-electron chi connectivity index (χ0n) is 12.3. The van der Waals surface area contributed by atoms with Gasteiger partial charge in [-0.25, -0.2) is 0 Å². The molecule has 1 aliphatic rings. The first-order chi connectivity index (χ1) is 10.8. The van der Waals surface area contributed by atoms with Crippen LogP contribution >= 0.6 is 11.3 Å². The molecule has 0 saturated carbocycles. The first-order valence-corrected chi connectivity index (χ1v) is 8.26. The maximum Gasteiger partial charge on any atom is 0.241 e. The number of likely N-dealkylation sites (tertiary alicyclic amines) is 1. The Hall–Kier alpha value is -1.99. The molecule has 7 heteroatoms. The average Bonchev–Trinajstić information content (AvgIpc) is 3.26. The molecule has 114 valence electrons. The largest absolute Gasteiger partial charge is 0.338 e. The topological polar surface area (TPSA) is 60.0 Å². The van der Waals surface area contributed by atoms with E-state index in [1.54, 1.807) is 11.3 Å². The fourth-order valence-corrected chi connectivity index (χ4v) is 3.65. The molecule has 0 N–H and O–H groups in total. The second-order valence-corrected chi connectivity index (χ2v) is 6.51. The summed E-state index contributed by atoms with van der Waals surface area (Å²) in [7, 11) is 1.95. The van der Waals surface area contributed by atoms with E-state index in [-0.39, 0.29) is 0 Å². The summed E-state index contributed by atoms with van der Waals surface area (Å²) in [5.74, 6) is 1.36. The molecule has 1 saturated heterocycles. The standard InChI is InChI=1S/C15H17N5OS/c1-19-9-11(8-16-19)12-4-2-6-20(12)10-14-17-15(18-21-14)13-5-3-7-22-13/h3,5,7-9,12H,2,4,6,10H2,1H3. The van der Waals surface area contributed by atoms with E-state index in [4.69, 9.17) is 4.52 Å². The van der Waals surface area contributed by atoms with Gasteiger partial charge in [0.2, 0.25) is 11.7 Å². The van der Waals surface area contributed by atoms with Gasteiger partial charge in [0.15, 0.2) is 0 Å². The molecule has 3 aromatic heterocycles. The van der Waals surface area contributed by atoms with Gasteiger partial charge in [0.1, 0.15) is 0 Å². The van der Waals surface area contributed by atoms with Crippen molar-refractivity contribution < 1.29 is 4.52 Å². The quantitative estimate of drug-likeness (QED) is 0.741. The molecule has 0 amide bonds. The van der Waals surface area contributed by atoms with E-state index in [9.17, 15) is 0 Å². The van der Waals surface area contributed by atoms with Crippen molar-refractivity contribution in [2.24, 2.45) is 7.05 Å². The van der Waals surface area contributed by atoms with E-state index < -0.39 is 0 Å². The summed E-state index contributed by atoms with van der Waals surface area (Å²) in [5.41, 5.74) is 1.26.